The molecule has 3 atom stereocenters. The van der Waals surface area contributed by atoms with E-state index in [1.165, 1.54) is 0 Å². The van der Waals surface area contributed by atoms with Crippen LogP contribution in [0.4, 0.5) is 5.69 Å². The molecule has 0 aromatic heterocycles. The average Bonchev–Trinajstić information content (AvgIpc) is 3.32. The summed E-state index contributed by atoms with van der Waals surface area (Å²) in [4.78, 5) is 17.0. The summed E-state index contributed by atoms with van der Waals surface area (Å²) in [5.41, 5.74) is 2.84. The van der Waals surface area contributed by atoms with E-state index in [4.69, 9.17) is 11.6 Å². The molecule has 2 fully saturated rings. The number of nitriles is 1. The summed E-state index contributed by atoms with van der Waals surface area (Å²) in [6.07, 6.45) is -0.487. The van der Waals surface area contributed by atoms with Crippen LogP contribution >= 0.6 is 11.6 Å². The maximum Gasteiger partial charge on any atom is 0.255 e. The van der Waals surface area contributed by atoms with Crippen molar-refractivity contribution in [1.29, 1.82) is 5.26 Å². The minimum atomic E-state index is -0.487. The SMILES string of the molecule is Cc1ccc(NCC(O)CN2CC3CN(C(=O)c4ccccc4C#N)CC3C2)cc1Cl. The fourth-order valence-corrected chi connectivity index (χ4v) is 4.82. The molecule has 2 aromatic rings. The molecule has 2 aliphatic heterocycles. The number of aryl methyl sites for hydroxylation is 1. The van der Waals surface area contributed by atoms with Crippen molar-refractivity contribution in [2.75, 3.05) is 44.6 Å². The van der Waals surface area contributed by atoms with Crippen molar-refractivity contribution in [3.05, 3.63) is 64.2 Å². The molecule has 1 amide bonds. The second kappa shape index (κ2) is 9.27. The minimum absolute atomic E-state index is 0.0564. The van der Waals surface area contributed by atoms with Crippen molar-refractivity contribution in [2.45, 2.75) is 13.0 Å². The van der Waals surface area contributed by atoms with Gasteiger partial charge in [-0.05, 0) is 48.6 Å². The number of benzene rings is 2. The van der Waals surface area contributed by atoms with Crippen molar-refractivity contribution in [2.24, 2.45) is 11.8 Å². The van der Waals surface area contributed by atoms with E-state index in [9.17, 15) is 15.2 Å². The summed E-state index contributed by atoms with van der Waals surface area (Å²) in [5, 5.41) is 23.7. The van der Waals surface area contributed by atoms with Crippen LogP contribution in [0, 0.1) is 30.1 Å². The number of amides is 1. The molecule has 0 radical (unpaired) electrons. The molecule has 0 saturated carbocycles. The highest BCUT2D eigenvalue weighted by molar-refractivity contribution is 6.31. The zero-order valence-corrected chi connectivity index (χ0v) is 18.3. The Balaban J connectivity index is 1.26. The van der Waals surface area contributed by atoms with Crippen molar-refractivity contribution in [3.63, 3.8) is 0 Å². The number of carbonyl (C=O) groups excluding carboxylic acids is 1. The highest BCUT2D eigenvalue weighted by Gasteiger charge is 2.42. The molecule has 2 N–H and O–H groups in total. The first-order chi connectivity index (χ1) is 14.9. The summed E-state index contributed by atoms with van der Waals surface area (Å²) < 4.78 is 0. The van der Waals surface area contributed by atoms with E-state index in [-0.39, 0.29) is 5.91 Å². The molecule has 2 saturated heterocycles. The molecule has 0 bridgehead atoms. The highest BCUT2D eigenvalue weighted by Crippen LogP contribution is 2.32. The fraction of sp³-hybridized carbons (Fsp3) is 0.417. The zero-order chi connectivity index (χ0) is 22.0. The summed E-state index contributed by atoms with van der Waals surface area (Å²) in [7, 11) is 0. The van der Waals surface area contributed by atoms with Crippen LogP contribution in [0.1, 0.15) is 21.5 Å². The van der Waals surface area contributed by atoms with Crippen molar-refractivity contribution in [3.8, 4) is 6.07 Å². The van der Waals surface area contributed by atoms with E-state index in [0.29, 0.717) is 54.2 Å². The Bertz CT molecular complexity index is 991. The van der Waals surface area contributed by atoms with Gasteiger partial charge in [-0.15, -0.1) is 0 Å². The van der Waals surface area contributed by atoms with E-state index in [2.05, 4.69) is 16.3 Å². The van der Waals surface area contributed by atoms with Gasteiger partial charge in [-0.25, -0.2) is 0 Å². The molecule has 0 spiro atoms. The van der Waals surface area contributed by atoms with Crippen molar-refractivity contribution < 1.29 is 9.90 Å². The number of aliphatic hydroxyl groups excluding tert-OH is 1. The number of anilines is 1. The molecule has 2 heterocycles. The molecular weight excluding hydrogens is 412 g/mol. The lowest BCUT2D eigenvalue weighted by atomic mass is 10.0. The molecule has 2 aliphatic rings. The third kappa shape index (κ3) is 4.85. The van der Waals surface area contributed by atoms with Crippen molar-refractivity contribution in [1.82, 2.24) is 9.80 Å². The number of hydrogen-bond donors (Lipinski definition) is 2. The van der Waals surface area contributed by atoms with E-state index in [0.717, 1.165) is 24.3 Å². The van der Waals surface area contributed by atoms with Gasteiger partial charge in [0.2, 0.25) is 0 Å². The van der Waals surface area contributed by atoms with Gasteiger partial charge in [0.1, 0.15) is 0 Å². The van der Waals surface area contributed by atoms with E-state index >= 15 is 0 Å². The Hall–Kier alpha value is -2.59. The number of nitrogens with zero attached hydrogens (tertiary/aromatic N) is 3. The van der Waals surface area contributed by atoms with Gasteiger partial charge in [0.25, 0.3) is 5.91 Å². The van der Waals surface area contributed by atoms with Gasteiger partial charge in [0, 0.05) is 50.0 Å². The Morgan fingerprint density at radius 1 is 1.23 bits per heavy atom. The number of likely N-dealkylation sites (tertiary alicyclic amines) is 2. The number of β-amino-alcohol motifs (C(OH)–C–C–N with tert-alkyl or cyclic N) is 1. The number of fused-ring (bicyclic) bond motifs is 1. The first-order valence-corrected chi connectivity index (χ1v) is 11.0. The Kier molecular flexibility index (Phi) is 6.47. The minimum Gasteiger partial charge on any atom is -0.390 e. The van der Waals surface area contributed by atoms with Crippen LogP contribution in [0.5, 0.6) is 0 Å². The van der Waals surface area contributed by atoms with Crippen LogP contribution in [0.2, 0.25) is 5.02 Å². The van der Waals surface area contributed by atoms with Gasteiger partial charge >= 0.3 is 0 Å². The van der Waals surface area contributed by atoms with Crippen molar-refractivity contribution >= 4 is 23.2 Å². The summed E-state index contributed by atoms with van der Waals surface area (Å²) in [6.45, 7) is 6.18. The molecule has 7 heteroatoms. The Labute approximate surface area is 188 Å². The average molecular weight is 439 g/mol. The maximum atomic E-state index is 12.9. The Morgan fingerprint density at radius 3 is 2.61 bits per heavy atom. The number of halogens is 1. The lowest BCUT2D eigenvalue weighted by Gasteiger charge is -2.24. The fourth-order valence-electron chi connectivity index (χ4n) is 4.64. The lowest BCUT2D eigenvalue weighted by Crippen LogP contribution is -2.38. The maximum absolute atomic E-state index is 12.9. The van der Waals surface area contributed by atoms with Crippen LogP contribution in [0.15, 0.2) is 42.5 Å². The van der Waals surface area contributed by atoms with Crippen LogP contribution < -0.4 is 5.32 Å². The van der Waals surface area contributed by atoms with Gasteiger partial charge in [-0.1, -0.05) is 29.8 Å². The normalized spacial score (nSPS) is 21.5. The molecule has 0 aliphatic carbocycles. The van der Waals surface area contributed by atoms with Gasteiger partial charge in [0.05, 0.1) is 23.3 Å². The second-order valence-electron chi connectivity index (χ2n) is 8.60. The van der Waals surface area contributed by atoms with Crippen LogP contribution in [-0.4, -0.2) is 66.2 Å². The first-order valence-electron chi connectivity index (χ1n) is 10.6. The second-order valence-corrected chi connectivity index (χ2v) is 9.01. The third-order valence-electron chi connectivity index (χ3n) is 6.31. The lowest BCUT2D eigenvalue weighted by molar-refractivity contribution is 0.0764. The molecule has 4 rings (SSSR count). The smallest absolute Gasteiger partial charge is 0.255 e. The quantitative estimate of drug-likeness (QED) is 0.724. The third-order valence-corrected chi connectivity index (χ3v) is 6.72. The largest absolute Gasteiger partial charge is 0.390 e. The van der Waals surface area contributed by atoms with Gasteiger partial charge in [-0.2, -0.15) is 5.26 Å². The van der Waals surface area contributed by atoms with E-state index < -0.39 is 6.10 Å². The van der Waals surface area contributed by atoms with E-state index in [1.54, 1.807) is 24.3 Å². The Morgan fingerprint density at radius 2 is 1.94 bits per heavy atom. The monoisotopic (exact) mass is 438 g/mol. The molecule has 3 unspecified atom stereocenters. The molecule has 2 aromatic carbocycles. The van der Waals surface area contributed by atoms with Crippen LogP contribution in [-0.2, 0) is 0 Å². The standard InChI is InChI=1S/C24H27ClN4O2/c1-16-6-7-20(8-23(16)25)27-10-21(30)15-28-11-18-13-29(14-19(18)12-28)24(31)22-5-3-2-4-17(22)9-26/h2-8,18-19,21,27,30H,10-15H2,1H3. The van der Waals surface area contributed by atoms with Gasteiger partial charge in [0.15, 0.2) is 0 Å². The zero-order valence-electron chi connectivity index (χ0n) is 17.6. The topological polar surface area (TPSA) is 79.6 Å². The molecule has 6 nitrogen and oxygen atoms in total. The predicted molar refractivity (Wildman–Crippen MR) is 121 cm³/mol. The highest BCUT2D eigenvalue weighted by atomic mass is 35.5. The number of nitrogens with one attached hydrogen (secondary N) is 1. The number of aliphatic hydroxyl groups is 1. The van der Waals surface area contributed by atoms with Gasteiger partial charge < -0.3 is 15.3 Å². The summed E-state index contributed by atoms with van der Waals surface area (Å²) in [5.74, 6) is 0.766. The number of carbonyl (C=O) groups is 1. The summed E-state index contributed by atoms with van der Waals surface area (Å²) >= 11 is 6.16. The predicted octanol–water partition coefficient (Wildman–Crippen LogP) is 3.00. The van der Waals surface area contributed by atoms with E-state index in [1.807, 2.05) is 30.0 Å². The number of rotatable bonds is 6. The number of hydrogen-bond acceptors (Lipinski definition) is 5. The first kappa shape index (κ1) is 21.6. The molecular formula is C24H27ClN4O2. The molecule has 162 valence electrons. The summed E-state index contributed by atoms with van der Waals surface area (Å²) in [6, 6.07) is 14.9. The van der Waals surface area contributed by atoms with Crippen LogP contribution in [0.25, 0.3) is 0 Å². The molecule has 31 heavy (non-hydrogen) atoms. The van der Waals surface area contributed by atoms with Gasteiger partial charge in [-0.3, -0.25) is 9.69 Å². The van der Waals surface area contributed by atoms with Crippen LogP contribution in [0.3, 0.4) is 0 Å².